The van der Waals surface area contributed by atoms with E-state index in [-0.39, 0.29) is 11.4 Å². The Bertz CT molecular complexity index is 714. The molecule has 0 atom stereocenters. The summed E-state index contributed by atoms with van der Waals surface area (Å²) in [6, 6.07) is 0. The lowest BCUT2D eigenvalue weighted by Crippen LogP contribution is -2.26. The number of rotatable bonds is 8. The number of sulfonamides is 1. The van der Waals surface area contributed by atoms with Gasteiger partial charge < -0.3 is 4.74 Å². The Hall–Kier alpha value is -1.84. The summed E-state index contributed by atoms with van der Waals surface area (Å²) in [5, 5.41) is 4.00. The first-order chi connectivity index (χ1) is 10.5. The van der Waals surface area contributed by atoms with E-state index in [1.54, 1.807) is 19.5 Å². The second-order valence-electron chi connectivity index (χ2n) is 4.67. The van der Waals surface area contributed by atoms with E-state index in [0.29, 0.717) is 19.6 Å². The Morgan fingerprint density at radius 3 is 2.82 bits per heavy atom. The molecule has 0 radical (unpaired) electrons. The van der Waals surface area contributed by atoms with Crippen molar-refractivity contribution < 1.29 is 13.2 Å². The third-order valence-corrected chi connectivity index (χ3v) is 4.50. The number of ether oxygens (including phenoxy) is 1. The van der Waals surface area contributed by atoms with Crippen molar-refractivity contribution in [2.45, 2.75) is 24.8 Å². The van der Waals surface area contributed by atoms with Crippen LogP contribution in [0.15, 0.2) is 29.7 Å². The molecule has 0 unspecified atom stereocenters. The van der Waals surface area contributed by atoms with Gasteiger partial charge in [-0.3, -0.25) is 14.6 Å². The summed E-state index contributed by atoms with van der Waals surface area (Å²) >= 11 is 0. The third-order valence-electron chi connectivity index (χ3n) is 3.08. The molecule has 2 rings (SSSR count). The summed E-state index contributed by atoms with van der Waals surface area (Å²) in [5.74, 6) is 0. The minimum Gasteiger partial charge on any atom is -0.383 e. The molecule has 2 aromatic rings. The van der Waals surface area contributed by atoms with Gasteiger partial charge in [0.25, 0.3) is 0 Å². The van der Waals surface area contributed by atoms with Crippen molar-refractivity contribution in [1.82, 2.24) is 24.5 Å². The van der Waals surface area contributed by atoms with Crippen LogP contribution in [-0.4, -0.2) is 48.4 Å². The van der Waals surface area contributed by atoms with E-state index in [1.165, 1.54) is 17.1 Å². The van der Waals surface area contributed by atoms with E-state index in [2.05, 4.69) is 19.8 Å². The fourth-order valence-electron chi connectivity index (χ4n) is 1.86. The summed E-state index contributed by atoms with van der Waals surface area (Å²) in [5.41, 5.74) is 1.58. The van der Waals surface area contributed by atoms with E-state index in [0.717, 1.165) is 11.4 Å². The highest BCUT2D eigenvalue weighted by atomic mass is 32.2. The maximum Gasteiger partial charge on any atom is 0.243 e. The summed E-state index contributed by atoms with van der Waals surface area (Å²) in [4.78, 5) is 8.44. The fraction of sp³-hybridized carbons (Fsp3) is 0.462. The quantitative estimate of drug-likeness (QED) is 0.742. The molecule has 0 amide bonds. The molecule has 2 heterocycles. The predicted molar refractivity (Wildman–Crippen MR) is 79.8 cm³/mol. The molecule has 0 aliphatic rings. The average molecular weight is 325 g/mol. The maximum atomic E-state index is 12.2. The number of aryl methyl sites for hydroxylation is 1. The van der Waals surface area contributed by atoms with Gasteiger partial charge in [-0.25, -0.2) is 13.1 Å². The van der Waals surface area contributed by atoms with Gasteiger partial charge in [0.05, 0.1) is 30.7 Å². The topological polar surface area (TPSA) is 99.0 Å². The Morgan fingerprint density at radius 2 is 2.09 bits per heavy atom. The zero-order chi connectivity index (χ0) is 16.0. The van der Waals surface area contributed by atoms with Gasteiger partial charge >= 0.3 is 0 Å². The van der Waals surface area contributed by atoms with Crippen LogP contribution in [0.4, 0.5) is 0 Å². The van der Waals surface area contributed by atoms with Gasteiger partial charge in [-0.05, 0) is 6.92 Å². The average Bonchev–Trinajstić information content (AvgIpc) is 2.97. The molecule has 0 aliphatic carbocycles. The number of aromatic nitrogens is 4. The van der Waals surface area contributed by atoms with E-state index in [4.69, 9.17) is 4.74 Å². The van der Waals surface area contributed by atoms with Crippen molar-refractivity contribution >= 4 is 10.0 Å². The monoisotopic (exact) mass is 325 g/mol. The van der Waals surface area contributed by atoms with E-state index >= 15 is 0 Å². The largest absolute Gasteiger partial charge is 0.383 e. The highest BCUT2D eigenvalue weighted by Gasteiger charge is 2.16. The zero-order valence-electron chi connectivity index (χ0n) is 12.6. The minimum absolute atomic E-state index is 0.138. The highest BCUT2D eigenvalue weighted by molar-refractivity contribution is 7.89. The smallest absolute Gasteiger partial charge is 0.243 e. The summed E-state index contributed by atoms with van der Waals surface area (Å²) in [6.07, 6.45) is 6.49. The molecule has 0 aromatic carbocycles. The predicted octanol–water partition coefficient (Wildman–Crippen LogP) is 0.149. The van der Waals surface area contributed by atoms with E-state index in [9.17, 15) is 8.42 Å². The van der Waals surface area contributed by atoms with Crippen LogP contribution in [0.1, 0.15) is 11.4 Å². The van der Waals surface area contributed by atoms with E-state index < -0.39 is 10.0 Å². The molecule has 9 heteroatoms. The second kappa shape index (κ2) is 7.43. The molecule has 2 aromatic heterocycles. The zero-order valence-corrected chi connectivity index (χ0v) is 13.4. The minimum atomic E-state index is -3.57. The molecule has 0 saturated carbocycles. The van der Waals surface area contributed by atoms with Crippen molar-refractivity contribution in [2.75, 3.05) is 20.3 Å². The normalized spacial score (nSPS) is 11.7. The Kier molecular flexibility index (Phi) is 5.58. The molecular formula is C13H19N5O3S. The Balaban J connectivity index is 1.93. The Labute approximate surface area is 129 Å². The highest BCUT2D eigenvalue weighted by Crippen LogP contribution is 2.07. The van der Waals surface area contributed by atoms with Gasteiger partial charge in [-0.2, -0.15) is 5.10 Å². The Morgan fingerprint density at radius 1 is 1.32 bits per heavy atom. The van der Waals surface area contributed by atoms with Crippen molar-refractivity contribution in [3.63, 3.8) is 0 Å². The SMILES string of the molecule is COCCn1cc(S(=O)(=O)NCCc2nccnc2C)cn1. The molecule has 0 fully saturated rings. The third kappa shape index (κ3) is 4.33. The van der Waals surface area contributed by atoms with Crippen LogP contribution in [0.2, 0.25) is 0 Å². The van der Waals surface area contributed by atoms with Crippen LogP contribution >= 0.6 is 0 Å². The fourth-order valence-corrected chi connectivity index (χ4v) is 2.84. The molecular weight excluding hydrogens is 306 g/mol. The van der Waals surface area contributed by atoms with Crippen molar-refractivity contribution in [3.8, 4) is 0 Å². The number of methoxy groups -OCH3 is 1. The lowest BCUT2D eigenvalue weighted by molar-refractivity contribution is 0.183. The molecule has 0 aliphatic heterocycles. The van der Waals surface area contributed by atoms with Crippen molar-refractivity contribution in [2.24, 2.45) is 0 Å². The molecule has 120 valence electrons. The number of nitrogens with one attached hydrogen (secondary N) is 1. The molecule has 1 N–H and O–H groups in total. The molecule has 0 spiro atoms. The van der Waals surface area contributed by atoms with Crippen LogP contribution < -0.4 is 4.72 Å². The summed E-state index contributed by atoms with van der Waals surface area (Å²) in [6.45, 7) is 3.08. The van der Waals surface area contributed by atoms with Gasteiger partial charge in [0.2, 0.25) is 10.0 Å². The van der Waals surface area contributed by atoms with E-state index in [1.807, 2.05) is 6.92 Å². The first-order valence-corrected chi connectivity index (χ1v) is 8.29. The van der Waals surface area contributed by atoms with Crippen LogP contribution in [0.3, 0.4) is 0 Å². The second-order valence-corrected chi connectivity index (χ2v) is 6.44. The number of hydrogen-bond acceptors (Lipinski definition) is 6. The molecule has 0 saturated heterocycles. The van der Waals surface area contributed by atoms with Crippen molar-refractivity contribution in [1.29, 1.82) is 0 Å². The van der Waals surface area contributed by atoms with Crippen LogP contribution in [-0.2, 0) is 27.7 Å². The summed E-state index contributed by atoms with van der Waals surface area (Å²) < 4.78 is 33.3. The number of nitrogens with zero attached hydrogens (tertiary/aromatic N) is 4. The standard InChI is InChI=1S/C13H19N5O3S/c1-11-13(15-6-5-14-11)3-4-17-22(19,20)12-9-16-18(10-12)7-8-21-2/h5-6,9-10,17H,3-4,7-8H2,1-2H3. The van der Waals surface area contributed by atoms with Gasteiger partial charge in [0.1, 0.15) is 4.90 Å². The molecule has 0 bridgehead atoms. The van der Waals surface area contributed by atoms with Gasteiger partial charge in [-0.1, -0.05) is 0 Å². The van der Waals surface area contributed by atoms with Crippen molar-refractivity contribution in [3.05, 3.63) is 36.2 Å². The van der Waals surface area contributed by atoms with Gasteiger partial charge in [0, 0.05) is 38.7 Å². The molecule has 8 nitrogen and oxygen atoms in total. The maximum absolute atomic E-state index is 12.2. The van der Waals surface area contributed by atoms with Gasteiger partial charge in [-0.15, -0.1) is 0 Å². The number of hydrogen-bond donors (Lipinski definition) is 1. The first kappa shape index (κ1) is 16.5. The van der Waals surface area contributed by atoms with Gasteiger partial charge in [0.15, 0.2) is 0 Å². The summed E-state index contributed by atoms with van der Waals surface area (Å²) in [7, 11) is -1.99. The first-order valence-electron chi connectivity index (χ1n) is 6.80. The molecule has 22 heavy (non-hydrogen) atoms. The lowest BCUT2D eigenvalue weighted by atomic mass is 10.2. The van der Waals surface area contributed by atoms with Crippen LogP contribution in [0.5, 0.6) is 0 Å². The van der Waals surface area contributed by atoms with Crippen LogP contribution in [0.25, 0.3) is 0 Å². The lowest BCUT2D eigenvalue weighted by Gasteiger charge is -2.05. The van der Waals surface area contributed by atoms with Crippen LogP contribution in [0, 0.1) is 6.92 Å².